The molecule has 4 rings (SSSR count). The van der Waals surface area contributed by atoms with E-state index in [1.807, 2.05) is 0 Å². The van der Waals surface area contributed by atoms with Crippen LogP contribution < -0.4 is 4.74 Å². The summed E-state index contributed by atoms with van der Waals surface area (Å²) in [6.07, 6.45) is 3.22. The molecule has 0 saturated carbocycles. The third-order valence-electron chi connectivity index (χ3n) is 5.27. The minimum absolute atomic E-state index is 0.0207. The van der Waals surface area contributed by atoms with E-state index in [0.717, 1.165) is 5.56 Å². The number of ether oxygens (including phenoxy) is 1. The number of benzene rings is 2. The first-order valence-corrected chi connectivity index (χ1v) is 10.4. The number of aliphatic hydroxyl groups excluding tert-OH is 1. The van der Waals surface area contributed by atoms with E-state index in [9.17, 15) is 14.7 Å². The summed E-state index contributed by atoms with van der Waals surface area (Å²) in [6, 6.07) is 14.1. The summed E-state index contributed by atoms with van der Waals surface area (Å²) in [5.41, 5.74) is 1.71. The molecule has 3 aromatic rings. The first-order chi connectivity index (χ1) is 15.4. The van der Waals surface area contributed by atoms with Crippen molar-refractivity contribution in [3.8, 4) is 5.75 Å². The summed E-state index contributed by atoms with van der Waals surface area (Å²) in [4.78, 5) is 31.5. The zero-order valence-electron chi connectivity index (χ0n) is 17.0. The van der Waals surface area contributed by atoms with E-state index in [2.05, 4.69) is 4.98 Å². The van der Waals surface area contributed by atoms with E-state index in [-0.39, 0.29) is 22.9 Å². The molecule has 1 amide bonds. The Labute approximate surface area is 194 Å². The molecule has 1 aliphatic heterocycles. The number of carbonyl (C=O) groups is 2. The molecular weight excluding hydrogens is 451 g/mol. The van der Waals surface area contributed by atoms with Crippen LogP contribution >= 0.6 is 23.2 Å². The van der Waals surface area contributed by atoms with Crippen LogP contribution in [0.25, 0.3) is 5.76 Å². The highest BCUT2D eigenvalue weighted by Crippen LogP contribution is 2.41. The Bertz CT molecular complexity index is 1210. The van der Waals surface area contributed by atoms with Gasteiger partial charge in [-0.15, -0.1) is 0 Å². The van der Waals surface area contributed by atoms with Gasteiger partial charge in [0.15, 0.2) is 0 Å². The fraction of sp³-hybridized carbons (Fsp3) is 0.125. The lowest BCUT2D eigenvalue weighted by atomic mass is 9.95. The van der Waals surface area contributed by atoms with Gasteiger partial charge in [0.1, 0.15) is 11.5 Å². The second kappa shape index (κ2) is 9.02. The number of Topliss-reactive ketones (excluding diaryl/α,β-unsaturated/α-hetero) is 1. The van der Waals surface area contributed by atoms with Crippen molar-refractivity contribution < 1.29 is 19.4 Å². The van der Waals surface area contributed by atoms with Gasteiger partial charge in [0.05, 0.1) is 28.8 Å². The Balaban J connectivity index is 1.86. The molecule has 6 nitrogen and oxygen atoms in total. The van der Waals surface area contributed by atoms with Crippen LogP contribution in [-0.2, 0) is 16.1 Å². The molecule has 1 N–H and O–H groups in total. The predicted octanol–water partition coefficient (Wildman–Crippen LogP) is 5.02. The SMILES string of the molecule is COc1ccc(/C(O)=C2\C(=O)C(=O)N(Cc3ccncc3)C2c2ccc(Cl)c(Cl)c2)cc1. The smallest absolute Gasteiger partial charge is 0.295 e. The summed E-state index contributed by atoms with van der Waals surface area (Å²) in [5, 5.41) is 11.7. The number of hydrogen-bond acceptors (Lipinski definition) is 5. The average molecular weight is 469 g/mol. The molecule has 2 heterocycles. The lowest BCUT2D eigenvalue weighted by Gasteiger charge is -2.25. The zero-order valence-corrected chi connectivity index (χ0v) is 18.5. The van der Waals surface area contributed by atoms with Crippen LogP contribution in [-0.4, -0.2) is 33.8 Å². The molecule has 0 spiro atoms. The highest BCUT2D eigenvalue weighted by Gasteiger charge is 2.46. The van der Waals surface area contributed by atoms with Gasteiger partial charge in [-0.1, -0.05) is 29.3 Å². The molecule has 0 radical (unpaired) electrons. The predicted molar refractivity (Wildman–Crippen MR) is 122 cm³/mol. The third kappa shape index (κ3) is 4.07. The summed E-state index contributed by atoms with van der Waals surface area (Å²) in [7, 11) is 1.53. The lowest BCUT2D eigenvalue weighted by molar-refractivity contribution is -0.140. The van der Waals surface area contributed by atoms with E-state index < -0.39 is 17.7 Å². The molecule has 162 valence electrons. The number of amides is 1. The topological polar surface area (TPSA) is 79.7 Å². The number of rotatable bonds is 5. The number of ketones is 1. The fourth-order valence-electron chi connectivity index (χ4n) is 3.66. The maximum absolute atomic E-state index is 13.1. The van der Waals surface area contributed by atoms with E-state index >= 15 is 0 Å². The van der Waals surface area contributed by atoms with Crippen molar-refractivity contribution in [3.63, 3.8) is 0 Å². The fourth-order valence-corrected chi connectivity index (χ4v) is 3.97. The standard InChI is InChI=1S/C24H18Cl2N2O4/c1-32-17-5-2-15(3-6-17)22(29)20-21(16-4-7-18(25)19(26)12-16)28(24(31)23(20)30)13-14-8-10-27-11-9-14/h2-12,21,29H,13H2,1H3/b22-20+. The highest BCUT2D eigenvalue weighted by molar-refractivity contribution is 6.46. The Morgan fingerprint density at radius 2 is 1.72 bits per heavy atom. The van der Waals surface area contributed by atoms with Crippen molar-refractivity contribution in [3.05, 3.63) is 99.3 Å². The zero-order chi connectivity index (χ0) is 22.8. The van der Waals surface area contributed by atoms with Crippen LogP contribution in [0.15, 0.2) is 72.6 Å². The van der Waals surface area contributed by atoms with Crippen molar-refractivity contribution in [2.45, 2.75) is 12.6 Å². The van der Waals surface area contributed by atoms with Gasteiger partial charge in [0, 0.05) is 24.5 Å². The maximum atomic E-state index is 13.1. The Morgan fingerprint density at radius 3 is 2.34 bits per heavy atom. The van der Waals surface area contributed by atoms with Crippen molar-refractivity contribution in [1.82, 2.24) is 9.88 Å². The number of methoxy groups -OCH3 is 1. The first-order valence-electron chi connectivity index (χ1n) is 9.67. The van der Waals surface area contributed by atoms with Gasteiger partial charge >= 0.3 is 0 Å². The average Bonchev–Trinajstić information content (AvgIpc) is 3.06. The molecule has 1 unspecified atom stereocenters. The van der Waals surface area contributed by atoms with Gasteiger partial charge in [-0.05, 0) is 59.7 Å². The second-order valence-electron chi connectivity index (χ2n) is 7.18. The summed E-state index contributed by atoms with van der Waals surface area (Å²) < 4.78 is 5.15. The van der Waals surface area contributed by atoms with E-state index in [1.165, 1.54) is 12.0 Å². The van der Waals surface area contributed by atoms with Gasteiger partial charge in [-0.3, -0.25) is 14.6 Å². The quantitative estimate of drug-likeness (QED) is 0.323. The van der Waals surface area contributed by atoms with E-state index in [4.69, 9.17) is 27.9 Å². The van der Waals surface area contributed by atoms with Crippen LogP contribution in [0.2, 0.25) is 10.0 Å². The van der Waals surface area contributed by atoms with Crippen LogP contribution in [0, 0.1) is 0 Å². The normalized spacial score (nSPS) is 17.6. The van der Waals surface area contributed by atoms with Crippen LogP contribution in [0.4, 0.5) is 0 Å². The molecule has 2 aromatic carbocycles. The van der Waals surface area contributed by atoms with Crippen molar-refractivity contribution in [2.24, 2.45) is 0 Å². The van der Waals surface area contributed by atoms with Gasteiger partial charge in [-0.25, -0.2) is 0 Å². The third-order valence-corrected chi connectivity index (χ3v) is 6.00. The molecule has 1 fully saturated rings. The van der Waals surface area contributed by atoms with Crippen LogP contribution in [0.3, 0.4) is 0 Å². The molecule has 0 bridgehead atoms. The van der Waals surface area contributed by atoms with Crippen LogP contribution in [0.5, 0.6) is 5.75 Å². The first kappa shape index (κ1) is 21.9. The summed E-state index contributed by atoms with van der Waals surface area (Å²) >= 11 is 12.3. The summed E-state index contributed by atoms with van der Waals surface area (Å²) in [6.45, 7) is 0.150. The molecule has 1 aliphatic rings. The molecule has 0 aliphatic carbocycles. The van der Waals surface area contributed by atoms with Gasteiger partial charge < -0.3 is 14.7 Å². The Kier molecular flexibility index (Phi) is 6.17. The monoisotopic (exact) mass is 468 g/mol. The Hall–Kier alpha value is -3.35. The number of likely N-dealkylation sites (tertiary alicyclic amines) is 1. The van der Waals surface area contributed by atoms with Crippen molar-refractivity contribution >= 4 is 40.7 Å². The Morgan fingerprint density at radius 1 is 1.03 bits per heavy atom. The maximum Gasteiger partial charge on any atom is 0.295 e. The lowest BCUT2D eigenvalue weighted by Crippen LogP contribution is -2.29. The molecule has 32 heavy (non-hydrogen) atoms. The van der Waals surface area contributed by atoms with Gasteiger partial charge in [-0.2, -0.15) is 0 Å². The number of aliphatic hydroxyl groups is 1. The second-order valence-corrected chi connectivity index (χ2v) is 8.00. The van der Waals surface area contributed by atoms with Gasteiger partial charge in [0.2, 0.25) is 0 Å². The summed E-state index contributed by atoms with van der Waals surface area (Å²) in [5.74, 6) is -1.17. The number of nitrogens with zero attached hydrogens (tertiary/aromatic N) is 2. The molecular formula is C24H18Cl2N2O4. The van der Waals surface area contributed by atoms with Crippen molar-refractivity contribution in [2.75, 3.05) is 7.11 Å². The minimum Gasteiger partial charge on any atom is -0.507 e. The molecule has 1 atom stereocenters. The number of hydrogen-bond donors (Lipinski definition) is 1. The minimum atomic E-state index is -0.847. The van der Waals surface area contributed by atoms with E-state index in [1.54, 1.807) is 67.0 Å². The number of carbonyl (C=O) groups excluding carboxylic acids is 2. The van der Waals surface area contributed by atoms with Gasteiger partial charge in [0.25, 0.3) is 11.7 Å². The highest BCUT2D eigenvalue weighted by atomic mass is 35.5. The molecule has 8 heteroatoms. The number of halogens is 2. The molecule has 1 saturated heterocycles. The largest absolute Gasteiger partial charge is 0.507 e. The van der Waals surface area contributed by atoms with E-state index in [0.29, 0.717) is 21.9 Å². The van der Waals surface area contributed by atoms with Crippen molar-refractivity contribution in [1.29, 1.82) is 0 Å². The number of aromatic nitrogens is 1. The molecule has 1 aromatic heterocycles. The van der Waals surface area contributed by atoms with Crippen LogP contribution in [0.1, 0.15) is 22.7 Å². The number of pyridine rings is 1.